The molecule has 1 aliphatic rings. The lowest BCUT2D eigenvalue weighted by molar-refractivity contribution is -0.130. The predicted octanol–water partition coefficient (Wildman–Crippen LogP) is 0.969. The summed E-state index contributed by atoms with van der Waals surface area (Å²) < 4.78 is 0. The van der Waals surface area contributed by atoms with Gasteiger partial charge in [-0.3, -0.25) is 19.5 Å². The number of carbonyl (C=O) groups is 2. The zero-order valence-electron chi connectivity index (χ0n) is 16.7. The summed E-state index contributed by atoms with van der Waals surface area (Å²) in [5.41, 5.74) is 1.56. The van der Waals surface area contributed by atoms with Crippen LogP contribution in [0.4, 0.5) is 5.69 Å². The van der Waals surface area contributed by atoms with Crippen molar-refractivity contribution in [3.05, 3.63) is 58.8 Å². The first-order valence-corrected chi connectivity index (χ1v) is 9.88. The number of fused-ring (bicyclic) bond motifs is 1. The fourth-order valence-corrected chi connectivity index (χ4v) is 4.19. The molecule has 0 unspecified atom stereocenters. The molecule has 0 saturated carbocycles. The van der Waals surface area contributed by atoms with Gasteiger partial charge in [0.25, 0.3) is 0 Å². The molecule has 1 saturated heterocycles. The molecule has 3 heterocycles. The van der Waals surface area contributed by atoms with Crippen molar-refractivity contribution in [2.24, 2.45) is 0 Å². The Labute approximate surface area is 172 Å². The summed E-state index contributed by atoms with van der Waals surface area (Å²) in [6, 6.07) is 10.8. The smallest absolute Gasteiger partial charge is 0.323 e. The number of H-pyrrole nitrogens is 2. The van der Waals surface area contributed by atoms with E-state index in [4.69, 9.17) is 0 Å². The van der Waals surface area contributed by atoms with Crippen molar-refractivity contribution >= 4 is 28.5 Å². The van der Waals surface area contributed by atoms with Crippen LogP contribution in [-0.2, 0) is 15.0 Å². The van der Waals surface area contributed by atoms with Gasteiger partial charge in [-0.25, -0.2) is 4.79 Å². The normalized spacial score (nSPS) is 19.5. The summed E-state index contributed by atoms with van der Waals surface area (Å²) in [7, 11) is 1.63. The molecule has 1 aliphatic heterocycles. The number of pyridine rings is 1. The molecule has 1 aromatic carbocycles. The van der Waals surface area contributed by atoms with Gasteiger partial charge in [-0.2, -0.15) is 0 Å². The molecule has 1 fully saturated rings. The van der Waals surface area contributed by atoms with Crippen molar-refractivity contribution in [2.75, 3.05) is 32.0 Å². The molecule has 4 N–H and O–H groups in total. The van der Waals surface area contributed by atoms with E-state index in [0.29, 0.717) is 29.7 Å². The van der Waals surface area contributed by atoms with E-state index in [-0.39, 0.29) is 24.0 Å². The fraction of sp³-hybridized carbons (Fsp3) is 0.333. The van der Waals surface area contributed by atoms with Gasteiger partial charge in [0.1, 0.15) is 5.41 Å². The van der Waals surface area contributed by atoms with Crippen molar-refractivity contribution in [2.45, 2.75) is 18.3 Å². The number of nitrogens with one attached hydrogen (secondary N) is 4. The van der Waals surface area contributed by atoms with Crippen molar-refractivity contribution in [1.82, 2.24) is 25.2 Å². The van der Waals surface area contributed by atoms with Crippen LogP contribution in [0.3, 0.4) is 0 Å². The Morgan fingerprint density at radius 3 is 2.80 bits per heavy atom. The summed E-state index contributed by atoms with van der Waals surface area (Å²) in [4.78, 5) is 48.7. The maximum Gasteiger partial charge on any atom is 0.323 e. The van der Waals surface area contributed by atoms with Gasteiger partial charge in [0.05, 0.1) is 23.3 Å². The standard InChI is InChI=1S/C21H24N6O3/c1-22-19(29)21(17-5-2-3-9-23-17)8-4-10-27(13-21)12-18(28)24-14-6-7-15-16(11-14)26-20(30)25-15/h2-3,5-7,9,11H,4,8,10,12-13H2,1H3,(H,22,29)(H,24,28)(H2,25,26,30)/t21-/m1/s1. The lowest BCUT2D eigenvalue weighted by atomic mass is 9.75. The lowest BCUT2D eigenvalue weighted by Crippen LogP contribution is -2.55. The number of aromatic amines is 2. The molecule has 0 aliphatic carbocycles. The van der Waals surface area contributed by atoms with Gasteiger partial charge in [-0.1, -0.05) is 6.07 Å². The van der Waals surface area contributed by atoms with Crippen molar-refractivity contribution in [3.8, 4) is 0 Å². The van der Waals surface area contributed by atoms with Crippen molar-refractivity contribution < 1.29 is 9.59 Å². The van der Waals surface area contributed by atoms with Crippen LogP contribution in [0, 0.1) is 0 Å². The molecule has 9 heteroatoms. The number of hydrogen-bond acceptors (Lipinski definition) is 5. The third-order valence-corrected chi connectivity index (χ3v) is 5.56. The quantitative estimate of drug-likeness (QED) is 0.501. The Kier molecular flexibility index (Phi) is 5.37. The molecule has 3 aromatic rings. The number of likely N-dealkylation sites (N-methyl/N-ethyl adjacent to an activating group) is 1. The Bertz CT molecular complexity index is 1120. The van der Waals surface area contributed by atoms with Gasteiger partial charge in [-0.15, -0.1) is 0 Å². The van der Waals surface area contributed by atoms with E-state index in [1.807, 2.05) is 23.1 Å². The van der Waals surface area contributed by atoms with E-state index in [2.05, 4.69) is 25.6 Å². The lowest BCUT2D eigenvalue weighted by Gasteiger charge is -2.40. The summed E-state index contributed by atoms with van der Waals surface area (Å²) in [6.07, 6.45) is 3.15. The molecular weight excluding hydrogens is 384 g/mol. The molecule has 0 radical (unpaired) electrons. The van der Waals surface area contributed by atoms with Crippen LogP contribution in [0.5, 0.6) is 0 Å². The van der Waals surface area contributed by atoms with Crippen molar-refractivity contribution in [1.29, 1.82) is 0 Å². The maximum atomic E-state index is 12.8. The molecule has 2 aromatic heterocycles. The Hall–Kier alpha value is -3.46. The second-order valence-corrected chi connectivity index (χ2v) is 7.58. The third-order valence-electron chi connectivity index (χ3n) is 5.56. The molecule has 2 amide bonds. The van der Waals surface area contributed by atoms with Crippen LogP contribution in [0.1, 0.15) is 18.5 Å². The number of aromatic nitrogens is 3. The number of likely N-dealkylation sites (tertiary alicyclic amines) is 1. The van der Waals surface area contributed by atoms with Crippen LogP contribution in [0.15, 0.2) is 47.4 Å². The number of rotatable bonds is 5. The average molecular weight is 408 g/mol. The minimum Gasteiger partial charge on any atom is -0.358 e. The molecule has 0 bridgehead atoms. The van der Waals surface area contributed by atoms with E-state index < -0.39 is 5.41 Å². The number of nitrogens with zero attached hydrogens (tertiary/aromatic N) is 2. The highest BCUT2D eigenvalue weighted by Gasteiger charge is 2.44. The SMILES string of the molecule is CNC(=O)[C@]1(c2ccccn2)CCCN(CC(=O)Nc2ccc3[nH]c(=O)[nH]c3c2)C1. The van der Waals surface area contributed by atoms with Crippen LogP contribution in [0.25, 0.3) is 11.0 Å². The summed E-state index contributed by atoms with van der Waals surface area (Å²) in [5, 5.41) is 5.64. The topological polar surface area (TPSA) is 123 Å². The van der Waals surface area contributed by atoms with Gasteiger partial charge in [-0.05, 0) is 49.7 Å². The number of anilines is 1. The minimum absolute atomic E-state index is 0.0897. The highest BCUT2D eigenvalue weighted by atomic mass is 16.2. The van der Waals surface area contributed by atoms with Crippen molar-refractivity contribution in [3.63, 3.8) is 0 Å². The number of hydrogen-bond donors (Lipinski definition) is 4. The summed E-state index contributed by atoms with van der Waals surface area (Å²) in [5.74, 6) is -0.269. The first kappa shape index (κ1) is 19.8. The Morgan fingerprint density at radius 2 is 2.03 bits per heavy atom. The summed E-state index contributed by atoms with van der Waals surface area (Å²) >= 11 is 0. The minimum atomic E-state index is -0.780. The van der Waals surface area contributed by atoms with E-state index in [0.717, 1.165) is 18.7 Å². The molecule has 4 rings (SSSR count). The molecule has 9 nitrogen and oxygen atoms in total. The van der Waals surface area contributed by atoms with E-state index in [9.17, 15) is 14.4 Å². The van der Waals surface area contributed by atoms with Gasteiger partial charge >= 0.3 is 5.69 Å². The predicted molar refractivity (Wildman–Crippen MR) is 113 cm³/mol. The second-order valence-electron chi connectivity index (χ2n) is 7.58. The Balaban J connectivity index is 1.48. The summed E-state index contributed by atoms with van der Waals surface area (Å²) in [6.45, 7) is 1.30. The highest BCUT2D eigenvalue weighted by molar-refractivity contribution is 5.94. The van der Waals surface area contributed by atoms with Gasteiger partial charge in [0.2, 0.25) is 11.8 Å². The molecule has 30 heavy (non-hydrogen) atoms. The molecular formula is C21H24N6O3. The van der Waals surface area contributed by atoms with Gasteiger partial charge in [0, 0.05) is 25.5 Å². The third kappa shape index (κ3) is 3.84. The van der Waals surface area contributed by atoms with E-state index in [1.165, 1.54) is 0 Å². The average Bonchev–Trinajstić information content (AvgIpc) is 3.13. The zero-order chi connectivity index (χ0) is 21.1. The monoisotopic (exact) mass is 408 g/mol. The molecule has 156 valence electrons. The van der Waals surface area contributed by atoms with Crippen LogP contribution >= 0.6 is 0 Å². The van der Waals surface area contributed by atoms with Gasteiger partial charge in [0.15, 0.2) is 0 Å². The molecule has 0 spiro atoms. The number of carbonyl (C=O) groups excluding carboxylic acids is 2. The second kappa shape index (κ2) is 8.11. The largest absolute Gasteiger partial charge is 0.358 e. The number of piperidine rings is 1. The molecule has 1 atom stereocenters. The number of benzene rings is 1. The van der Waals surface area contributed by atoms with Crippen LogP contribution in [0.2, 0.25) is 0 Å². The van der Waals surface area contributed by atoms with Crippen LogP contribution in [-0.4, -0.2) is 58.3 Å². The number of amides is 2. The maximum absolute atomic E-state index is 12.8. The van der Waals surface area contributed by atoms with Gasteiger partial charge < -0.3 is 20.6 Å². The van der Waals surface area contributed by atoms with E-state index >= 15 is 0 Å². The first-order valence-electron chi connectivity index (χ1n) is 9.88. The number of imidazole rings is 1. The van der Waals surface area contributed by atoms with E-state index in [1.54, 1.807) is 31.4 Å². The van der Waals surface area contributed by atoms with Crippen LogP contribution < -0.4 is 16.3 Å². The Morgan fingerprint density at radius 1 is 1.20 bits per heavy atom. The fourth-order valence-electron chi connectivity index (χ4n) is 4.19. The first-order chi connectivity index (χ1) is 14.5. The zero-order valence-corrected chi connectivity index (χ0v) is 16.7. The highest BCUT2D eigenvalue weighted by Crippen LogP contribution is 2.33.